The molecule has 7 heteroatoms. The van der Waals surface area contributed by atoms with Crippen molar-refractivity contribution in [2.45, 2.75) is 44.6 Å². The summed E-state index contributed by atoms with van der Waals surface area (Å²) in [6.07, 6.45) is 2.76. The van der Waals surface area contributed by atoms with Gasteiger partial charge in [-0.15, -0.1) is 11.3 Å². The monoisotopic (exact) mass is 321 g/mol. The molecule has 20 heavy (non-hydrogen) atoms. The summed E-state index contributed by atoms with van der Waals surface area (Å²) in [5.41, 5.74) is 0.672. The number of aliphatic hydroxyl groups excluding tert-OH is 1. The maximum atomic E-state index is 12.2. The summed E-state index contributed by atoms with van der Waals surface area (Å²) in [6, 6.07) is 0. The Bertz CT molecular complexity index is 496. The lowest BCUT2D eigenvalue weighted by atomic mass is 10.3. The molecule has 0 fully saturated rings. The second-order valence-electron chi connectivity index (χ2n) is 4.55. The molecule has 1 rings (SSSR count). The van der Waals surface area contributed by atoms with Crippen molar-refractivity contribution < 1.29 is 18.3 Å². The number of thiophene rings is 1. The predicted octanol–water partition coefficient (Wildman–Crippen LogP) is 2.03. The highest BCUT2D eigenvalue weighted by atomic mass is 32.2. The molecule has 0 aliphatic heterocycles. The van der Waals surface area contributed by atoms with Gasteiger partial charge in [-0.05, 0) is 30.7 Å². The third-order valence-electron chi connectivity index (χ3n) is 2.80. The first kappa shape index (κ1) is 17.6. The number of unbranched alkanes of at least 4 members (excludes halogenated alkanes) is 1. The second-order valence-corrected chi connectivity index (χ2v) is 7.21. The maximum absolute atomic E-state index is 12.2. The Labute approximate surface area is 125 Å². The molecule has 116 valence electrons. The smallest absolute Gasteiger partial charge is 0.242 e. The zero-order valence-electron chi connectivity index (χ0n) is 12.0. The van der Waals surface area contributed by atoms with Gasteiger partial charge in [-0.25, -0.2) is 13.1 Å². The molecule has 1 aromatic rings. The number of aliphatic hydroxyl groups is 1. The lowest BCUT2D eigenvalue weighted by molar-refractivity contribution is 0.130. The van der Waals surface area contributed by atoms with Crippen LogP contribution in [-0.2, 0) is 21.4 Å². The normalized spacial score (nSPS) is 11.9. The third kappa shape index (κ3) is 5.14. The third-order valence-corrected chi connectivity index (χ3v) is 5.71. The molecule has 0 atom stereocenters. The lowest BCUT2D eigenvalue weighted by Gasteiger charge is -2.08. The fraction of sp³-hybridized carbons (Fsp3) is 0.692. The Hall–Kier alpha value is -0.470. The summed E-state index contributed by atoms with van der Waals surface area (Å²) in [4.78, 5) is 0.700. The van der Waals surface area contributed by atoms with Gasteiger partial charge in [-0.1, -0.05) is 13.3 Å². The van der Waals surface area contributed by atoms with E-state index in [0.29, 0.717) is 30.0 Å². The fourth-order valence-corrected chi connectivity index (χ4v) is 4.49. The van der Waals surface area contributed by atoms with Crippen molar-refractivity contribution in [1.29, 1.82) is 0 Å². The molecule has 0 unspecified atom stereocenters. The van der Waals surface area contributed by atoms with Crippen LogP contribution in [0, 0.1) is 6.92 Å². The molecule has 0 aromatic carbocycles. The molecule has 0 aliphatic rings. The second kappa shape index (κ2) is 8.74. The Morgan fingerprint density at radius 1 is 1.35 bits per heavy atom. The summed E-state index contributed by atoms with van der Waals surface area (Å²) < 4.78 is 32.3. The van der Waals surface area contributed by atoms with Crippen LogP contribution in [0.4, 0.5) is 0 Å². The summed E-state index contributed by atoms with van der Waals surface area (Å²) in [5.74, 6) is 0. The van der Waals surface area contributed by atoms with Crippen LogP contribution in [0.3, 0.4) is 0 Å². The average molecular weight is 321 g/mol. The lowest BCUT2D eigenvalue weighted by Crippen LogP contribution is -2.26. The van der Waals surface area contributed by atoms with E-state index in [0.717, 1.165) is 19.4 Å². The predicted molar refractivity (Wildman–Crippen MR) is 80.5 cm³/mol. The summed E-state index contributed by atoms with van der Waals surface area (Å²) in [6.45, 7) is 5.19. The largest absolute Gasteiger partial charge is 0.391 e. The van der Waals surface area contributed by atoms with E-state index in [1.807, 2.05) is 0 Å². The number of rotatable bonds is 10. The number of ether oxygens (including phenoxy) is 1. The molecule has 0 bridgehead atoms. The molecule has 1 aromatic heterocycles. The van der Waals surface area contributed by atoms with Gasteiger partial charge in [0, 0.05) is 19.8 Å². The molecular formula is C13H23NO4S2. The van der Waals surface area contributed by atoms with E-state index >= 15 is 0 Å². The van der Waals surface area contributed by atoms with Crippen molar-refractivity contribution in [3.63, 3.8) is 0 Å². The van der Waals surface area contributed by atoms with Crippen LogP contribution in [0.5, 0.6) is 0 Å². The van der Waals surface area contributed by atoms with E-state index in [9.17, 15) is 13.5 Å². The molecule has 2 N–H and O–H groups in total. The minimum Gasteiger partial charge on any atom is -0.391 e. The zero-order valence-corrected chi connectivity index (χ0v) is 13.6. The minimum atomic E-state index is -3.54. The quantitative estimate of drug-likeness (QED) is 0.647. The van der Waals surface area contributed by atoms with Crippen molar-refractivity contribution in [2.75, 3.05) is 19.8 Å². The maximum Gasteiger partial charge on any atom is 0.242 e. The van der Waals surface area contributed by atoms with Crippen LogP contribution < -0.4 is 4.72 Å². The van der Waals surface area contributed by atoms with E-state index < -0.39 is 10.0 Å². The molecule has 0 spiro atoms. The van der Waals surface area contributed by atoms with Gasteiger partial charge < -0.3 is 9.84 Å². The van der Waals surface area contributed by atoms with Gasteiger partial charge in [0.05, 0.1) is 11.5 Å². The molecule has 0 amide bonds. The van der Waals surface area contributed by atoms with E-state index in [4.69, 9.17) is 4.74 Å². The number of hydrogen-bond acceptors (Lipinski definition) is 5. The van der Waals surface area contributed by atoms with Crippen LogP contribution in [0.25, 0.3) is 0 Å². The van der Waals surface area contributed by atoms with Crippen molar-refractivity contribution in [2.24, 2.45) is 0 Å². The van der Waals surface area contributed by atoms with Crippen LogP contribution in [0.1, 0.15) is 36.6 Å². The van der Waals surface area contributed by atoms with Crippen molar-refractivity contribution in [3.05, 3.63) is 15.8 Å². The van der Waals surface area contributed by atoms with Gasteiger partial charge >= 0.3 is 0 Å². The van der Waals surface area contributed by atoms with Gasteiger partial charge in [-0.2, -0.15) is 0 Å². The number of sulfonamides is 1. The van der Waals surface area contributed by atoms with Crippen molar-refractivity contribution in [3.8, 4) is 0 Å². The minimum absolute atomic E-state index is 0.219. The average Bonchev–Trinajstić information content (AvgIpc) is 2.79. The Morgan fingerprint density at radius 2 is 2.05 bits per heavy atom. The number of hydrogen-bond donors (Lipinski definition) is 2. The molecule has 1 heterocycles. The number of nitrogens with one attached hydrogen (secondary N) is 1. The van der Waals surface area contributed by atoms with Gasteiger partial charge in [0.25, 0.3) is 0 Å². The van der Waals surface area contributed by atoms with Crippen LogP contribution in [-0.4, -0.2) is 33.3 Å². The van der Waals surface area contributed by atoms with Crippen molar-refractivity contribution in [1.82, 2.24) is 4.72 Å². The van der Waals surface area contributed by atoms with Crippen LogP contribution >= 0.6 is 11.3 Å². The van der Waals surface area contributed by atoms with Crippen molar-refractivity contribution >= 4 is 21.4 Å². The first-order valence-electron chi connectivity index (χ1n) is 6.78. The highest BCUT2D eigenvalue weighted by Crippen LogP contribution is 2.26. The zero-order chi connectivity index (χ0) is 15.0. The van der Waals surface area contributed by atoms with E-state index in [1.165, 1.54) is 11.3 Å². The highest BCUT2D eigenvalue weighted by Gasteiger charge is 2.21. The standard InChI is InChI=1S/C13H23NO4S2/c1-3-4-7-18-8-5-6-14-20(16,17)13-11(2)10-19-12(13)9-15/h10,14-15H,3-9H2,1-2H3. The summed E-state index contributed by atoms with van der Waals surface area (Å²) in [7, 11) is -3.54. The molecular weight excluding hydrogens is 298 g/mol. The van der Waals surface area contributed by atoms with Gasteiger partial charge in [0.1, 0.15) is 4.90 Å². The van der Waals surface area contributed by atoms with E-state index in [-0.39, 0.29) is 11.5 Å². The van der Waals surface area contributed by atoms with Gasteiger partial charge in [0.2, 0.25) is 10.0 Å². The fourth-order valence-electron chi connectivity index (χ4n) is 1.76. The molecule has 5 nitrogen and oxygen atoms in total. The molecule has 0 saturated carbocycles. The topological polar surface area (TPSA) is 75.6 Å². The van der Waals surface area contributed by atoms with Gasteiger partial charge in [-0.3, -0.25) is 0 Å². The Balaban J connectivity index is 2.44. The summed E-state index contributed by atoms with van der Waals surface area (Å²) >= 11 is 1.26. The van der Waals surface area contributed by atoms with Crippen LogP contribution in [0.2, 0.25) is 0 Å². The van der Waals surface area contributed by atoms with E-state index in [2.05, 4.69) is 11.6 Å². The van der Waals surface area contributed by atoms with Gasteiger partial charge in [0.15, 0.2) is 0 Å². The molecule has 0 aliphatic carbocycles. The van der Waals surface area contributed by atoms with Crippen LogP contribution in [0.15, 0.2) is 10.3 Å². The number of aryl methyl sites for hydroxylation is 1. The molecule has 0 radical (unpaired) electrons. The first-order chi connectivity index (χ1) is 9.53. The molecule has 0 saturated heterocycles. The van der Waals surface area contributed by atoms with E-state index in [1.54, 1.807) is 12.3 Å². The summed E-state index contributed by atoms with van der Waals surface area (Å²) in [5, 5.41) is 10.9. The SMILES string of the molecule is CCCCOCCCNS(=O)(=O)c1c(C)csc1CO. The highest BCUT2D eigenvalue weighted by molar-refractivity contribution is 7.89. The first-order valence-corrected chi connectivity index (χ1v) is 9.14. The Morgan fingerprint density at radius 3 is 2.70 bits per heavy atom. The Kier molecular flexibility index (Phi) is 7.68.